The van der Waals surface area contributed by atoms with Gasteiger partial charge in [-0.1, -0.05) is 0 Å². The summed E-state index contributed by atoms with van der Waals surface area (Å²) >= 11 is 0. The Balaban J connectivity index is 1.78. The third-order valence-corrected chi connectivity index (χ3v) is 3.42. The predicted octanol–water partition coefficient (Wildman–Crippen LogP) is 0.992. The van der Waals surface area contributed by atoms with Gasteiger partial charge in [-0.15, -0.1) is 0 Å². The highest BCUT2D eigenvalue weighted by atomic mass is 15.2. The molecule has 90 valence electrons. The van der Waals surface area contributed by atoms with Crippen molar-refractivity contribution < 1.29 is 0 Å². The number of rotatable bonds is 4. The lowest BCUT2D eigenvalue weighted by atomic mass is 10.2. The van der Waals surface area contributed by atoms with E-state index >= 15 is 0 Å². The Morgan fingerprint density at radius 1 is 1.56 bits per heavy atom. The first-order valence-electron chi connectivity index (χ1n) is 6.10. The number of imidazole rings is 1. The van der Waals surface area contributed by atoms with Crippen LogP contribution in [-0.2, 0) is 13.6 Å². The second-order valence-electron chi connectivity index (χ2n) is 4.91. The first-order valence-corrected chi connectivity index (χ1v) is 6.10. The average molecular weight is 222 g/mol. The molecule has 1 unspecified atom stereocenters. The van der Waals surface area contributed by atoms with E-state index < -0.39 is 0 Å². The molecule has 0 aromatic carbocycles. The molecule has 4 nitrogen and oxygen atoms in total. The van der Waals surface area contributed by atoms with Crippen molar-refractivity contribution in [2.45, 2.75) is 38.9 Å². The second kappa shape index (κ2) is 4.97. The van der Waals surface area contributed by atoms with Gasteiger partial charge in [-0.05, 0) is 26.8 Å². The van der Waals surface area contributed by atoms with Crippen molar-refractivity contribution in [2.75, 3.05) is 13.1 Å². The lowest BCUT2D eigenvalue weighted by molar-refractivity contribution is 0.268. The summed E-state index contributed by atoms with van der Waals surface area (Å²) in [6, 6.07) is 1.29. The average Bonchev–Trinajstić information content (AvgIpc) is 2.83. The minimum Gasteiger partial charge on any atom is -0.337 e. The summed E-state index contributed by atoms with van der Waals surface area (Å²) in [7, 11) is 2.04. The van der Waals surface area contributed by atoms with E-state index in [-0.39, 0.29) is 0 Å². The van der Waals surface area contributed by atoms with Gasteiger partial charge >= 0.3 is 0 Å². The van der Waals surface area contributed by atoms with Gasteiger partial charge in [0.25, 0.3) is 0 Å². The molecule has 0 aliphatic carbocycles. The maximum absolute atomic E-state index is 4.32. The smallest absolute Gasteiger partial charge is 0.122 e. The summed E-state index contributed by atoms with van der Waals surface area (Å²) in [6.45, 7) is 7.79. The van der Waals surface area contributed by atoms with E-state index in [9.17, 15) is 0 Å². The third-order valence-electron chi connectivity index (χ3n) is 3.42. The largest absolute Gasteiger partial charge is 0.337 e. The number of hydrogen-bond donors (Lipinski definition) is 1. The number of likely N-dealkylation sites (tertiary alicyclic amines) is 1. The SMILES string of the molecule is CC(C)N1CCC(NCc2nccn2C)C1. The Morgan fingerprint density at radius 3 is 2.94 bits per heavy atom. The molecule has 1 saturated heterocycles. The number of aromatic nitrogens is 2. The Bertz CT molecular complexity index is 332. The van der Waals surface area contributed by atoms with E-state index in [4.69, 9.17) is 0 Å². The van der Waals surface area contributed by atoms with Crippen LogP contribution >= 0.6 is 0 Å². The molecular formula is C12H22N4. The lowest BCUT2D eigenvalue weighted by Crippen LogP contribution is -2.35. The van der Waals surface area contributed by atoms with Gasteiger partial charge in [0.15, 0.2) is 0 Å². The summed E-state index contributed by atoms with van der Waals surface area (Å²) in [6.07, 6.45) is 5.10. The van der Waals surface area contributed by atoms with Crippen molar-refractivity contribution in [3.8, 4) is 0 Å². The maximum atomic E-state index is 4.32. The van der Waals surface area contributed by atoms with Crippen LogP contribution in [0.1, 0.15) is 26.1 Å². The van der Waals surface area contributed by atoms with E-state index in [2.05, 4.69) is 33.6 Å². The van der Waals surface area contributed by atoms with Crippen LogP contribution in [0.15, 0.2) is 12.4 Å². The van der Waals surface area contributed by atoms with Crippen molar-refractivity contribution >= 4 is 0 Å². The van der Waals surface area contributed by atoms with Gasteiger partial charge < -0.3 is 9.88 Å². The molecule has 4 heteroatoms. The zero-order valence-corrected chi connectivity index (χ0v) is 10.5. The molecule has 1 fully saturated rings. The molecule has 1 aromatic heterocycles. The zero-order valence-electron chi connectivity index (χ0n) is 10.5. The minimum atomic E-state index is 0.624. The van der Waals surface area contributed by atoms with E-state index in [0.717, 1.165) is 12.4 Å². The maximum Gasteiger partial charge on any atom is 0.122 e. The standard InChI is InChI=1S/C12H22N4/c1-10(2)16-6-4-11(9-16)14-8-12-13-5-7-15(12)3/h5,7,10-11,14H,4,6,8-9H2,1-3H3. The van der Waals surface area contributed by atoms with Crippen LogP contribution in [0.4, 0.5) is 0 Å². The Kier molecular flexibility index (Phi) is 3.61. The van der Waals surface area contributed by atoms with Crippen molar-refractivity contribution in [2.24, 2.45) is 7.05 Å². The minimum absolute atomic E-state index is 0.624. The summed E-state index contributed by atoms with van der Waals surface area (Å²) in [4.78, 5) is 6.84. The summed E-state index contributed by atoms with van der Waals surface area (Å²) < 4.78 is 2.07. The van der Waals surface area contributed by atoms with Crippen molar-refractivity contribution in [3.05, 3.63) is 18.2 Å². The normalized spacial score (nSPS) is 22.1. The Labute approximate surface area is 97.7 Å². The molecule has 2 heterocycles. The molecule has 1 N–H and O–H groups in total. The van der Waals surface area contributed by atoms with Crippen LogP contribution in [0, 0.1) is 0 Å². The quantitative estimate of drug-likeness (QED) is 0.825. The topological polar surface area (TPSA) is 33.1 Å². The van der Waals surface area contributed by atoms with Crippen molar-refractivity contribution in [3.63, 3.8) is 0 Å². The molecule has 2 rings (SSSR count). The number of hydrogen-bond acceptors (Lipinski definition) is 3. The molecule has 0 amide bonds. The number of aryl methyl sites for hydroxylation is 1. The van der Waals surface area contributed by atoms with Gasteiger partial charge in [0, 0.05) is 38.1 Å². The van der Waals surface area contributed by atoms with Gasteiger partial charge in [0.2, 0.25) is 0 Å². The number of nitrogens with zero attached hydrogens (tertiary/aromatic N) is 3. The Hall–Kier alpha value is -0.870. The van der Waals surface area contributed by atoms with Crippen LogP contribution in [0.5, 0.6) is 0 Å². The van der Waals surface area contributed by atoms with Crippen molar-refractivity contribution in [1.29, 1.82) is 0 Å². The van der Waals surface area contributed by atoms with Crippen LogP contribution in [0.25, 0.3) is 0 Å². The highest BCUT2D eigenvalue weighted by Gasteiger charge is 2.23. The molecule has 0 radical (unpaired) electrons. The van der Waals surface area contributed by atoms with E-state index in [1.807, 2.05) is 19.4 Å². The van der Waals surface area contributed by atoms with E-state index in [0.29, 0.717) is 12.1 Å². The van der Waals surface area contributed by atoms with Gasteiger partial charge in [0.1, 0.15) is 5.82 Å². The summed E-state index contributed by atoms with van der Waals surface area (Å²) in [5, 5.41) is 3.58. The highest BCUT2D eigenvalue weighted by Crippen LogP contribution is 2.12. The monoisotopic (exact) mass is 222 g/mol. The molecule has 0 saturated carbocycles. The molecular weight excluding hydrogens is 200 g/mol. The lowest BCUT2D eigenvalue weighted by Gasteiger charge is -2.20. The predicted molar refractivity (Wildman–Crippen MR) is 65.2 cm³/mol. The summed E-state index contributed by atoms with van der Waals surface area (Å²) in [5.41, 5.74) is 0. The van der Waals surface area contributed by atoms with Gasteiger partial charge in [-0.3, -0.25) is 4.90 Å². The fraction of sp³-hybridized carbons (Fsp3) is 0.750. The molecule has 1 atom stereocenters. The summed E-state index contributed by atoms with van der Waals surface area (Å²) in [5.74, 6) is 1.11. The van der Waals surface area contributed by atoms with Gasteiger partial charge in [-0.25, -0.2) is 4.98 Å². The Morgan fingerprint density at radius 2 is 2.38 bits per heavy atom. The fourth-order valence-electron chi connectivity index (χ4n) is 2.23. The van der Waals surface area contributed by atoms with Crippen LogP contribution in [0.2, 0.25) is 0 Å². The zero-order chi connectivity index (χ0) is 11.5. The molecule has 1 aliphatic rings. The highest BCUT2D eigenvalue weighted by molar-refractivity contribution is 4.92. The molecule has 16 heavy (non-hydrogen) atoms. The number of nitrogens with one attached hydrogen (secondary N) is 1. The van der Waals surface area contributed by atoms with Crippen LogP contribution in [0.3, 0.4) is 0 Å². The second-order valence-corrected chi connectivity index (χ2v) is 4.91. The van der Waals surface area contributed by atoms with Crippen LogP contribution in [-0.4, -0.2) is 39.6 Å². The van der Waals surface area contributed by atoms with Gasteiger partial charge in [-0.2, -0.15) is 0 Å². The molecule has 1 aliphatic heterocycles. The van der Waals surface area contributed by atoms with Crippen molar-refractivity contribution in [1.82, 2.24) is 19.8 Å². The molecule has 1 aromatic rings. The first-order chi connectivity index (χ1) is 7.66. The fourth-order valence-corrected chi connectivity index (χ4v) is 2.23. The van der Waals surface area contributed by atoms with Crippen LogP contribution < -0.4 is 5.32 Å². The first kappa shape index (κ1) is 11.6. The van der Waals surface area contributed by atoms with E-state index in [1.54, 1.807) is 0 Å². The molecule has 0 bridgehead atoms. The van der Waals surface area contributed by atoms with E-state index in [1.165, 1.54) is 19.5 Å². The van der Waals surface area contributed by atoms with Gasteiger partial charge in [0.05, 0.1) is 6.54 Å². The third kappa shape index (κ3) is 2.62. The molecule has 0 spiro atoms.